The van der Waals surface area contributed by atoms with Gasteiger partial charge in [-0.25, -0.2) is 0 Å². The summed E-state index contributed by atoms with van der Waals surface area (Å²) in [6.45, 7) is 1.73. The molecule has 1 aromatic carbocycles. The first-order chi connectivity index (χ1) is 10.4. The summed E-state index contributed by atoms with van der Waals surface area (Å²) >= 11 is 0. The van der Waals surface area contributed by atoms with E-state index in [1.807, 2.05) is 0 Å². The minimum atomic E-state index is -0.615. The zero-order valence-electron chi connectivity index (χ0n) is 11.8. The summed E-state index contributed by atoms with van der Waals surface area (Å²) in [4.78, 5) is 37.9. The molecule has 1 amide bonds. The maximum absolute atomic E-state index is 12.0. The van der Waals surface area contributed by atoms with Crippen molar-refractivity contribution in [2.24, 2.45) is 11.0 Å². The number of Topliss-reactive ketones (excluding diaryl/α,β-unsaturated/α-hetero) is 1. The van der Waals surface area contributed by atoms with E-state index in [0.717, 1.165) is 0 Å². The second kappa shape index (κ2) is 6.23. The Morgan fingerprint density at radius 2 is 2.32 bits per heavy atom. The summed E-state index contributed by atoms with van der Waals surface area (Å²) < 4.78 is 0. The summed E-state index contributed by atoms with van der Waals surface area (Å²) in [5, 5.41) is 14.6. The van der Waals surface area contributed by atoms with Crippen LogP contribution in [0.3, 0.4) is 0 Å². The van der Waals surface area contributed by atoms with Gasteiger partial charge in [-0.2, -0.15) is 0 Å². The fourth-order valence-electron chi connectivity index (χ4n) is 2.41. The molecule has 0 N–H and O–H groups in total. The minimum Gasteiger partial charge on any atom is -0.306 e. The van der Waals surface area contributed by atoms with Gasteiger partial charge in [0, 0.05) is 36.1 Å². The third kappa shape index (κ3) is 3.04. The Balaban J connectivity index is 2.35. The van der Waals surface area contributed by atoms with Crippen molar-refractivity contribution in [3.8, 4) is 0 Å². The van der Waals surface area contributed by atoms with Gasteiger partial charge >= 0.3 is 0 Å². The Kier molecular flexibility index (Phi) is 4.38. The molecular weight excluding hydrogens is 290 g/mol. The maximum Gasteiger partial charge on any atom is 0.293 e. The van der Waals surface area contributed by atoms with Crippen LogP contribution in [0.5, 0.6) is 0 Å². The number of rotatable bonds is 5. The van der Waals surface area contributed by atoms with Gasteiger partial charge in [0.1, 0.15) is 5.69 Å². The topological polar surface area (TPSA) is 129 Å². The van der Waals surface area contributed by atoms with Gasteiger partial charge in [-0.3, -0.25) is 19.7 Å². The van der Waals surface area contributed by atoms with Crippen molar-refractivity contribution in [2.45, 2.75) is 13.3 Å². The van der Waals surface area contributed by atoms with Gasteiger partial charge in [0.15, 0.2) is 5.78 Å². The van der Waals surface area contributed by atoms with Crippen LogP contribution in [0.4, 0.5) is 11.4 Å². The summed E-state index contributed by atoms with van der Waals surface area (Å²) in [5.41, 5.74) is 8.40. The van der Waals surface area contributed by atoms with Crippen LogP contribution in [0.2, 0.25) is 0 Å². The van der Waals surface area contributed by atoms with Crippen molar-refractivity contribution in [1.82, 2.24) is 0 Å². The highest BCUT2D eigenvalue weighted by Gasteiger charge is 2.34. The highest BCUT2D eigenvalue weighted by atomic mass is 16.6. The predicted octanol–water partition coefficient (Wildman–Crippen LogP) is 2.46. The molecule has 0 radical (unpaired) electrons. The fraction of sp³-hybridized carbons (Fsp3) is 0.385. The number of benzene rings is 1. The largest absolute Gasteiger partial charge is 0.306 e. The van der Waals surface area contributed by atoms with Gasteiger partial charge in [-0.1, -0.05) is 5.11 Å². The molecule has 1 aliphatic rings. The number of amides is 1. The van der Waals surface area contributed by atoms with Crippen LogP contribution in [0.15, 0.2) is 23.3 Å². The molecule has 1 heterocycles. The smallest absolute Gasteiger partial charge is 0.293 e. The van der Waals surface area contributed by atoms with E-state index >= 15 is 0 Å². The predicted molar refractivity (Wildman–Crippen MR) is 77.6 cm³/mol. The first kappa shape index (κ1) is 15.5. The lowest BCUT2D eigenvalue weighted by Gasteiger charge is -2.16. The third-order valence-corrected chi connectivity index (χ3v) is 3.48. The van der Waals surface area contributed by atoms with Crippen molar-refractivity contribution < 1.29 is 14.5 Å². The molecule has 2 rings (SSSR count). The monoisotopic (exact) mass is 303 g/mol. The number of nitrogens with zero attached hydrogens (tertiary/aromatic N) is 5. The van der Waals surface area contributed by atoms with E-state index in [2.05, 4.69) is 10.0 Å². The number of carbonyl (C=O) groups excluding carboxylic acids is 2. The highest BCUT2D eigenvalue weighted by Crippen LogP contribution is 2.33. The summed E-state index contributed by atoms with van der Waals surface area (Å²) in [6, 6.07) is 4.03. The first-order valence-electron chi connectivity index (χ1n) is 6.54. The zero-order chi connectivity index (χ0) is 16.3. The van der Waals surface area contributed by atoms with E-state index in [9.17, 15) is 19.7 Å². The SMILES string of the molecule is CC(=O)c1ccc(N2CC(CN=[N+]=[N-])CC2=O)c([N+](=O)[O-])c1. The summed E-state index contributed by atoms with van der Waals surface area (Å²) in [7, 11) is 0. The Morgan fingerprint density at radius 1 is 1.59 bits per heavy atom. The number of nitro groups is 1. The van der Waals surface area contributed by atoms with Gasteiger partial charge in [0.2, 0.25) is 5.91 Å². The number of anilines is 1. The molecule has 1 saturated heterocycles. The van der Waals surface area contributed by atoms with Crippen LogP contribution in [0.1, 0.15) is 23.7 Å². The van der Waals surface area contributed by atoms with Crippen LogP contribution >= 0.6 is 0 Å². The molecule has 1 unspecified atom stereocenters. The van der Waals surface area contributed by atoms with Crippen molar-refractivity contribution in [3.63, 3.8) is 0 Å². The van der Waals surface area contributed by atoms with E-state index in [0.29, 0.717) is 0 Å². The number of hydrogen-bond donors (Lipinski definition) is 0. The molecule has 0 bridgehead atoms. The molecule has 0 aromatic heterocycles. The number of azide groups is 1. The lowest BCUT2D eigenvalue weighted by atomic mass is 10.1. The van der Waals surface area contributed by atoms with Gasteiger partial charge < -0.3 is 4.90 Å². The lowest BCUT2D eigenvalue weighted by Crippen LogP contribution is -2.25. The molecule has 114 valence electrons. The van der Waals surface area contributed by atoms with Crippen LogP contribution in [-0.4, -0.2) is 29.7 Å². The van der Waals surface area contributed by atoms with Crippen molar-refractivity contribution in [1.29, 1.82) is 0 Å². The van der Waals surface area contributed by atoms with Crippen molar-refractivity contribution in [3.05, 3.63) is 44.3 Å². The van der Waals surface area contributed by atoms with E-state index in [4.69, 9.17) is 5.53 Å². The van der Waals surface area contributed by atoms with Crippen LogP contribution in [0, 0.1) is 16.0 Å². The molecule has 0 saturated carbocycles. The van der Waals surface area contributed by atoms with Gasteiger partial charge in [-0.05, 0) is 30.5 Å². The molecule has 0 aliphatic carbocycles. The Bertz CT molecular complexity index is 696. The van der Waals surface area contributed by atoms with Crippen LogP contribution in [0.25, 0.3) is 10.4 Å². The molecule has 1 aliphatic heterocycles. The minimum absolute atomic E-state index is 0.156. The standard InChI is InChI=1S/C13H13N5O4/c1-8(19)10-2-3-11(12(5-10)18(21)22)17-7-9(4-13(17)20)6-15-16-14/h2-3,5,9H,4,6-7H2,1H3. The lowest BCUT2D eigenvalue weighted by molar-refractivity contribution is -0.384. The van der Waals surface area contributed by atoms with E-state index < -0.39 is 4.92 Å². The van der Waals surface area contributed by atoms with Crippen LogP contribution in [-0.2, 0) is 4.79 Å². The third-order valence-electron chi connectivity index (χ3n) is 3.48. The Labute approximate surface area is 125 Å². The summed E-state index contributed by atoms with van der Waals surface area (Å²) in [5.74, 6) is -0.726. The molecule has 1 aromatic rings. The average molecular weight is 303 g/mol. The fourth-order valence-corrected chi connectivity index (χ4v) is 2.41. The number of hydrogen-bond acceptors (Lipinski definition) is 5. The average Bonchev–Trinajstić information content (AvgIpc) is 2.85. The molecule has 9 heteroatoms. The first-order valence-corrected chi connectivity index (χ1v) is 6.54. The second-order valence-electron chi connectivity index (χ2n) is 5.00. The summed E-state index contributed by atoms with van der Waals surface area (Å²) in [6.07, 6.45) is 0.171. The quantitative estimate of drug-likeness (QED) is 0.206. The van der Waals surface area contributed by atoms with Gasteiger partial charge in [-0.15, -0.1) is 0 Å². The second-order valence-corrected chi connectivity index (χ2v) is 5.00. The number of carbonyl (C=O) groups is 2. The number of nitro benzene ring substituents is 1. The Hall–Kier alpha value is -2.93. The molecule has 1 atom stereocenters. The van der Waals surface area contributed by atoms with Crippen molar-refractivity contribution in [2.75, 3.05) is 18.0 Å². The molecule has 0 spiro atoms. The molecule has 1 fully saturated rings. The van der Waals surface area contributed by atoms with E-state index in [1.54, 1.807) is 0 Å². The van der Waals surface area contributed by atoms with E-state index in [-0.39, 0.29) is 54.1 Å². The zero-order valence-corrected chi connectivity index (χ0v) is 11.8. The molecule has 22 heavy (non-hydrogen) atoms. The Morgan fingerprint density at radius 3 is 2.91 bits per heavy atom. The molecule has 9 nitrogen and oxygen atoms in total. The highest BCUT2D eigenvalue weighted by molar-refractivity contribution is 6.00. The van der Waals surface area contributed by atoms with Gasteiger partial charge in [0.05, 0.1) is 4.92 Å². The van der Waals surface area contributed by atoms with Crippen LogP contribution < -0.4 is 4.90 Å². The maximum atomic E-state index is 12.0. The molecular formula is C13H13N5O4. The van der Waals surface area contributed by atoms with Gasteiger partial charge in [0.25, 0.3) is 5.69 Å². The normalized spacial score (nSPS) is 17.2. The van der Waals surface area contributed by atoms with E-state index in [1.165, 1.54) is 30.0 Å². The number of ketones is 1. The van der Waals surface area contributed by atoms with Crippen molar-refractivity contribution >= 4 is 23.1 Å².